The lowest BCUT2D eigenvalue weighted by Gasteiger charge is -2.24. The molecule has 2 aliphatic carbocycles. The van der Waals surface area contributed by atoms with Crippen molar-refractivity contribution in [3.63, 3.8) is 0 Å². The van der Waals surface area contributed by atoms with Crippen molar-refractivity contribution < 1.29 is 4.52 Å². The lowest BCUT2D eigenvalue weighted by Crippen LogP contribution is -2.37. The van der Waals surface area contributed by atoms with Crippen LogP contribution in [0.1, 0.15) is 67.4 Å². The van der Waals surface area contributed by atoms with Gasteiger partial charge in [0.15, 0.2) is 5.82 Å². The molecule has 2 aromatic rings. The van der Waals surface area contributed by atoms with Gasteiger partial charge in [0, 0.05) is 18.0 Å². The molecule has 7 heteroatoms. The first kappa shape index (κ1) is 16.2. The second kappa shape index (κ2) is 6.61. The van der Waals surface area contributed by atoms with Crippen LogP contribution in [-0.4, -0.2) is 37.4 Å². The molecular weight excluding hydrogens is 330 g/mol. The Bertz CT molecular complexity index is 854. The van der Waals surface area contributed by atoms with Crippen molar-refractivity contribution >= 4 is 0 Å². The van der Waals surface area contributed by atoms with E-state index in [4.69, 9.17) is 4.52 Å². The molecule has 2 fully saturated rings. The second-order valence-corrected chi connectivity index (χ2v) is 7.93. The van der Waals surface area contributed by atoms with Gasteiger partial charge < -0.3 is 4.52 Å². The highest BCUT2D eigenvalue weighted by molar-refractivity contribution is 5.20. The number of likely N-dealkylation sites (tertiary alicyclic amines) is 1. The lowest BCUT2D eigenvalue weighted by atomic mass is 9.97. The molecule has 1 saturated heterocycles. The summed E-state index contributed by atoms with van der Waals surface area (Å²) in [7, 11) is 0. The van der Waals surface area contributed by atoms with Gasteiger partial charge in [-0.25, -0.2) is 4.68 Å². The topological polar surface area (TPSA) is 77.0 Å². The second-order valence-electron chi connectivity index (χ2n) is 7.93. The molecule has 3 heterocycles. The van der Waals surface area contributed by atoms with Crippen molar-refractivity contribution in [2.24, 2.45) is 0 Å². The predicted octanol–water partition coefficient (Wildman–Crippen LogP) is 2.05. The van der Waals surface area contributed by atoms with Crippen molar-refractivity contribution in [1.82, 2.24) is 24.8 Å². The maximum absolute atomic E-state index is 12.5. The highest BCUT2D eigenvalue weighted by Crippen LogP contribution is 2.39. The molecule has 0 radical (unpaired) electrons. The van der Waals surface area contributed by atoms with E-state index < -0.39 is 0 Å². The van der Waals surface area contributed by atoms with Crippen LogP contribution in [0.3, 0.4) is 0 Å². The molecule has 1 aliphatic heterocycles. The maximum Gasteiger partial charge on any atom is 0.267 e. The molecule has 7 nitrogen and oxygen atoms in total. The minimum atomic E-state index is 0.0353. The summed E-state index contributed by atoms with van der Waals surface area (Å²) in [5.41, 5.74) is 2.31. The van der Waals surface area contributed by atoms with Crippen molar-refractivity contribution in [1.29, 1.82) is 0 Å². The first-order valence-corrected chi connectivity index (χ1v) is 9.93. The third-order valence-corrected chi connectivity index (χ3v) is 5.91. The number of aromatic nitrogens is 4. The summed E-state index contributed by atoms with van der Waals surface area (Å²) in [6.07, 6.45) is 8.89. The Morgan fingerprint density at radius 3 is 2.92 bits per heavy atom. The molecule has 1 saturated carbocycles. The minimum absolute atomic E-state index is 0.0353. The van der Waals surface area contributed by atoms with E-state index in [-0.39, 0.29) is 5.56 Å². The maximum atomic E-state index is 12.5. The van der Waals surface area contributed by atoms with E-state index in [1.807, 2.05) is 6.07 Å². The third kappa shape index (κ3) is 3.20. The SMILES string of the molecule is O=c1cc2c(nn1CC1CCCN1Cc1noc(C3CC3)n1)CCCC2. The first-order chi connectivity index (χ1) is 12.8. The fourth-order valence-corrected chi connectivity index (χ4v) is 4.25. The Hall–Kier alpha value is -2.02. The van der Waals surface area contributed by atoms with E-state index in [0.717, 1.165) is 55.2 Å². The quantitative estimate of drug-likeness (QED) is 0.817. The van der Waals surface area contributed by atoms with Crippen LogP contribution in [-0.2, 0) is 25.9 Å². The van der Waals surface area contributed by atoms with Crippen LogP contribution in [0.4, 0.5) is 0 Å². The van der Waals surface area contributed by atoms with E-state index >= 15 is 0 Å². The van der Waals surface area contributed by atoms with Gasteiger partial charge >= 0.3 is 0 Å². The normalized spacial score (nSPS) is 23.3. The molecule has 0 bridgehead atoms. The number of aryl methyl sites for hydroxylation is 2. The van der Waals surface area contributed by atoms with Gasteiger partial charge in [0.1, 0.15) is 0 Å². The molecule has 0 spiro atoms. The average Bonchev–Trinajstić information content (AvgIpc) is 3.24. The molecule has 138 valence electrons. The Balaban J connectivity index is 1.30. The van der Waals surface area contributed by atoms with Crippen LogP contribution in [0.25, 0.3) is 0 Å². The molecule has 3 aliphatic rings. The molecule has 1 atom stereocenters. The Labute approximate surface area is 152 Å². The predicted molar refractivity (Wildman–Crippen MR) is 94.8 cm³/mol. The minimum Gasteiger partial charge on any atom is -0.339 e. The summed E-state index contributed by atoms with van der Waals surface area (Å²) in [6, 6.07) is 2.12. The summed E-state index contributed by atoms with van der Waals surface area (Å²) in [5, 5.41) is 8.83. The van der Waals surface area contributed by atoms with Crippen LogP contribution >= 0.6 is 0 Å². The smallest absolute Gasteiger partial charge is 0.267 e. The largest absolute Gasteiger partial charge is 0.339 e. The average molecular weight is 355 g/mol. The van der Waals surface area contributed by atoms with Crippen LogP contribution in [0, 0.1) is 0 Å². The Morgan fingerprint density at radius 2 is 2.04 bits per heavy atom. The zero-order valence-corrected chi connectivity index (χ0v) is 15.1. The Kier molecular flexibility index (Phi) is 4.11. The van der Waals surface area contributed by atoms with Crippen LogP contribution in [0.5, 0.6) is 0 Å². The number of rotatable bonds is 5. The molecule has 0 N–H and O–H groups in total. The lowest BCUT2D eigenvalue weighted by molar-refractivity contribution is 0.208. The molecule has 2 aromatic heterocycles. The van der Waals surface area contributed by atoms with E-state index in [0.29, 0.717) is 25.0 Å². The fourth-order valence-electron chi connectivity index (χ4n) is 4.25. The monoisotopic (exact) mass is 355 g/mol. The van der Waals surface area contributed by atoms with Crippen molar-refractivity contribution in [2.75, 3.05) is 6.54 Å². The van der Waals surface area contributed by atoms with Crippen LogP contribution in [0.2, 0.25) is 0 Å². The van der Waals surface area contributed by atoms with Crippen molar-refractivity contribution in [3.05, 3.63) is 39.4 Å². The van der Waals surface area contributed by atoms with E-state index in [1.165, 1.54) is 25.7 Å². The summed E-state index contributed by atoms with van der Waals surface area (Å²) >= 11 is 0. The van der Waals surface area contributed by atoms with Crippen LogP contribution in [0.15, 0.2) is 15.4 Å². The van der Waals surface area contributed by atoms with E-state index in [9.17, 15) is 4.79 Å². The molecule has 26 heavy (non-hydrogen) atoms. The summed E-state index contributed by atoms with van der Waals surface area (Å²) in [4.78, 5) is 19.4. The van der Waals surface area contributed by atoms with Gasteiger partial charge in [0.25, 0.3) is 5.56 Å². The zero-order valence-electron chi connectivity index (χ0n) is 15.1. The number of nitrogens with zero attached hydrogens (tertiary/aromatic N) is 5. The van der Waals surface area contributed by atoms with Gasteiger partial charge in [-0.05, 0) is 63.5 Å². The van der Waals surface area contributed by atoms with Gasteiger partial charge in [-0.3, -0.25) is 9.69 Å². The number of hydrogen-bond donors (Lipinski definition) is 0. The first-order valence-electron chi connectivity index (χ1n) is 9.93. The Morgan fingerprint density at radius 1 is 1.15 bits per heavy atom. The molecule has 5 rings (SSSR count). The van der Waals surface area contributed by atoms with Gasteiger partial charge in [-0.2, -0.15) is 10.1 Å². The van der Waals surface area contributed by atoms with E-state index in [1.54, 1.807) is 4.68 Å². The van der Waals surface area contributed by atoms with E-state index in [2.05, 4.69) is 20.1 Å². The van der Waals surface area contributed by atoms with Gasteiger partial charge in [-0.15, -0.1) is 0 Å². The highest BCUT2D eigenvalue weighted by atomic mass is 16.5. The van der Waals surface area contributed by atoms with Crippen molar-refractivity contribution in [2.45, 2.75) is 76.4 Å². The molecule has 1 unspecified atom stereocenters. The number of hydrogen-bond acceptors (Lipinski definition) is 6. The zero-order chi connectivity index (χ0) is 17.5. The van der Waals surface area contributed by atoms with Crippen molar-refractivity contribution in [3.8, 4) is 0 Å². The summed E-state index contributed by atoms with van der Waals surface area (Å²) in [5.74, 6) is 2.05. The van der Waals surface area contributed by atoms with Gasteiger partial charge in [0.2, 0.25) is 5.89 Å². The summed E-state index contributed by atoms with van der Waals surface area (Å²) in [6.45, 7) is 2.36. The van der Waals surface area contributed by atoms with Gasteiger partial charge in [0.05, 0.1) is 18.8 Å². The fraction of sp³-hybridized carbons (Fsp3) is 0.684. The summed E-state index contributed by atoms with van der Waals surface area (Å²) < 4.78 is 7.06. The number of fused-ring (bicyclic) bond motifs is 1. The van der Waals surface area contributed by atoms with Gasteiger partial charge in [-0.1, -0.05) is 5.16 Å². The van der Waals surface area contributed by atoms with Crippen LogP contribution < -0.4 is 5.56 Å². The highest BCUT2D eigenvalue weighted by Gasteiger charge is 2.31. The molecule has 0 aromatic carbocycles. The third-order valence-electron chi connectivity index (χ3n) is 5.91. The molecule has 0 amide bonds. The molecular formula is C19H25N5O2. The standard InChI is InChI=1S/C19H25N5O2/c25-18-10-14-4-1-2-6-16(14)21-24(18)11-15-5-3-9-23(15)12-17-20-19(26-22-17)13-7-8-13/h10,13,15H,1-9,11-12H2.